The van der Waals surface area contributed by atoms with E-state index in [4.69, 9.17) is 4.74 Å². The SMILES string of the molecule is COc1ccc(S(=O)(=O)N2CC=CC(c3ccccc3)C2C(=O)NO)cc1. The van der Waals surface area contributed by atoms with E-state index in [0.29, 0.717) is 5.75 Å². The molecule has 3 rings (SSSR count). The van der Waals surface area contributed by atoms with Crippen LogP contribution < -0.4 is 10.2 Å². The molecule has 1 heterocycles. The van der Waals surface area contributed by atoms with Crippen LogP contribution in [0, 0.1) is 0 Å². The molecule has 2 N–H and O–H groups in total. The van der Waals surface area contributed by atoms with Gasteiger partial charge in [-0.1, -0.05) is 42.5 Å². The van der Waals surface area contributed by atoms with Crippen LogP contribution in [0.15, 0.2) is 71.6 Å². The van der Waals surface area contributed by atoms with Crippen molar-refractivity contribution in [3.05, 3.63) is 72.3 Å². The molecule has 1 aliphatic heterocycles. The van der Waals surface area contributed by atoms with Crippen LogP contribution in [0.4, 0.5) is 0 Å². The molecule has 0 saturated heterocycles. The fourth-order valence-corrected chi connectivity index (χ4v) is 4.73. The maximum atomic E-state index is 13.2. The largest absolute Gasteiger partial charge is 0.497 e. The van der Waals surface area contributed by atoms with Crippen LogP contribution in [-0.2, 0) is 14.8 Å². The maximum absolute atomic E-state index is 13.2. The Morgan fingerprint density at radius 1 is 1.15 bits per heavy atom. The second-order valence-electron chi connectivity index (χ2n) is 6.04. The van der Waals surface area contributed by atoms with Gasteiger partial charge in [-0.15, -0.1) is 0 Å². The van der Waals surface area contributed by atoms with Gasteiger partial charge in [-0.05, 0) is 29.8 Å². The average molecular weight is 388 g/mol. The van der Waals surface area contributed by atoms with Crippen LogP contribution in [0.1, 0.15) is 11.5 Å². The Labute approximate surface area is 157 Å². The highest BCUT2D eigenvalue weighted by Gasteiger charge is 2.42. The van der Waals surface area contributed by atoms with Crippen LogP contribution in [0.2, 0.25) is 0 Å². The van der Waals surface area contributed by atoms with Gasteiger partial charge in [0.05, 0.1) is 12.0 Å². The molecule has 142 valence electrons. The van der Waals surface area contributed by atoms with E-state index in [-0.39, 0.29) is 11.4 Å². The number of rotatable bonds is 5. The number of methoxy groups -OCH3 is 1. The summed E-state index contributed by atoms with van der Waals surface area (Å²) in [4.78, 5) is 12.5. The monoisotopic (exact) mass is 388 g/mol. The Morgan fingerprint density at radius 3 is 2.41 bits per heavy atom. The molecule has 2 atom stereocenters. The molecule has 0 bridgehead atoms. The van der Waals surface area contributed by atoms with Crippen LogP contribution in [0.5, 0.6) is 5.75 Å². The summed E-state index contributed by atoms with van der Waals surface area (Å²) in [5.41, 5.74) is 2.38. The first-order chi connectivity index (χ1) is 13.0. The lowest BCUT2D eigenvalue weighted by Crippen LogP contribution is -2.53. The Kier molecular flexibility index (Phi) is 5.59. The van der Waals surface area contributed by atoms with Crippen molar-refractivity contribution in [2.24, 2.45) is 0 Å². The lowest BCUT2D eigenvalue weighted by molar-refractivity contribution is -0.133. The van der Waals surface area contributed by atoms with Gasteiger partial charge in [0.15, 0.2) is 0 Å². The van der Waals surface area contributed by atoms with Gasteiger partial charge in [0.1, 0.15) is 11.8 Å². The van der Waals surface area contributed by atoms with Gasteiger partial charge in [0.2, 0.25) is 10.0 Å². The Hall–Kier alpha value is -2.68. The van der Waals surface area contributed by atoms with Crippen molar-refractivity contribution in [1.29, 1.82) is 0 Å². The summed E-state index contributed by atoms with van der Waals surface area (Å²) >= 11 is 0. The molecule has 2 aromatic carbocycles. The highest BCUT2D eigenvalue weighted by atomic mass is 32.2. The zero-order chi connectivity index (χ0) is 19.4. The lowest BCUT2D eigenvalue weighted by Gasteiger charge is -2.36. The van der Waals surface area contributed by atoms with E-state index in [0.717, 1.165) is 9.87 Å². The molecule has 7 nitrogen and oxygen atoms in total. The first-order valence-electron chi connectivity index (χ1n) is 8.30. The smallest absolute Gasteiger partial charge is 0.262 e. The number of nitrogens with one attached hydrogen (secondary N) is 1. The average Bonchev–Trinajstić information content (AvgIpc) is 2.73. The van der Waals surface area contributed by atoms with Gasteiger partial charge in [-0.2, -0.15) is 4.31 Å². The quantitative estimate of drug-likeness (QED) is 0.463. The summed E-state index contributed by atoms with van der Waals surface area (Å²) < 4.78 is 32.5. The molecule has 8 heteroatoms. The molecule has 2 aromatic rings. The molecule has 27 heavy (non-hydrogen) atoms. The third-order valence-corrected chi connectivity index (χ3v) is 6.37. The van der Waals surface area contributed by atoms with Gasteiger partial charge < -0.3 is 4.74 Å². The van der Waals surface area contributed by atoms with Crippen molar-refractivity contribution in [3.8, 4) is 5.75 Å². The summed E-state index contributed by atoms with van der Waals surface area (Å²) in [6.45, 7) is 0.0236. The predicted molar refractivity (Wildman–Crippen MR) is 98.9 cm³/mol. The van der Waals surface area contributed by atoms with Crippen molar-refractivity contribution < 1.29 is 23.2 Å². The van der Waals surface area contributed by atoms with Crippen LogP contribution in [0.3, 0.4) is 0 Å². The van der Waals surface area contributed by atoms with E-state index in [1.807, 2.05) is 30.3 Å². The number of carbonyl (C=O) groups is 1. The summed E-state index contributed by atoms with van der Waals surface area (Å²) in [5, 5.41) is 9.21. The van der Waals surface area contributed by atoms with E-state index in [1.165, 1.54) is 19.2 Å². The van der Waals surface area contributed by atoms with E-state index in [2.05, 4.69) is 0 Å². The molecule has 1 aliphatic rings. The number of hydrogen-bond donors (Lipinski definition) is 2. The Balaban J connectivity index is 2.04. The maximum Gasteiger partial charge on any atom is 0.262 e. The minimum atomic E-state index is -3.98. The number of sulfonamides is 1. The molecule has 0 spiro atoms. The number of amides is 1. The third-order valence-electron chi connectivity index (χ3n) is 4.51. The second-order valence-corrected chi connectivity index (χ2v) is 7.93. The summed E-state index contributed by atoms with van der Waals surface area (Å²) in [5.74, 6) is -0.787. The molecule has 0 saturated carbocycles. The molecular formula is C19H20N2O5S. The van der Waals surface area contributed by atoms with Crippen molar-refractivity contribution in [1.82, 2.24) is 9.79 Å². The number of benzene rings is 2. The van der Waals surface area contributed by atoms with Gasteiger partial charge >= 0.3 is 0 Å². The van der Waals surface area contributed by atoms with Crippen molar-refractivity contribution in [2.75, 3.05) is 13.7 Å². The fourth-order valence-electron chi connectivity index (χ4n) is 3.17. The fraction of sp³-hybridized carbons (Fsp3) is 0.211. The Morgan fingerprint density at radius 2 is 1.81 bits per heavy atom. The number of carbonyl (C=O) groups excluding carboxylic acids is 1. The first-order valence-corrected chi connectivity index (χ1v) is 9.74. The van der Waals surface area contributed by atoms with E-state index >= 15 is 0 Å². The van der Waals surface area contributed by atoms with Gasteiger partial charge in [-0.25, -0.2) is 13.9 Å². The topological polar surface area (TPSA) is 95.9 Å². The summed E-state index contributed by atoms with van der Waals surface area (Å²) in [6, 6.07) is 13.9. The first kappa shape index (κ1) is 19.1. The minimum absolute atomic E-state index is 0.0236. The number of hydrogen-bond acceptors (Lipinski definition) is 5. The predicted octanol–water partition coefficient (Wildman–Crippen LogP) is 1.91. The molecule has 1 amide bonds. The molecule has 0 radical (unpaired) electrons. The minimum Gasteiger partial charge on any atom is -0.497 e. The molecular weight excluding hydrogens is 368 g/mol. The zero-order valence-corrected chi connectivity index (χ0v) is 15.5. The highest BCUT2D eigenvalue weighted by Crippen LogP contribution is 2.32. The van der Waals surface area contributed by atoms with Crippen LogP contribution in [0.25, 0.3) is 0 Å². The molecule has 0 aliphatic carbocycles. The zero-order valence-electron chi connectivity index (χ0n) is 14.6. The van der Waals surface area contributed by atoms with Crippen LogP contribution >= 0.6 is 0 Å². The standard InChI is InChI=1S/C19H20N2O5S/c1-26-15-9-11-16(12-10-15)27(24,25)21-13-5-8-17(18(21)19(22)20-23)14-6-3-2-4-7-14/h2-12,17-18,23H,13H2,1H3,(H,20,22). The van der Waals surface area contributed by atoms with Crippen molar-refractivity contribution >= 4 is 15.9 Å². The number of ether oxygens (including phenoxy) is 1. The van der Waals surface area contributed by atoms with E-state index in [1.54, 1.807) is 29.8 Å². The lowest BCUT2D eigenvalue weighted by atomic mass is 9.88. The van der Waals surface area contributed by atoms with Gasteiger partial charge in [0.25, 0.3) is 5.91 Å². The molecule has 2 unspecified atom stereocenters. The molecule has 0 fully saturated rings. The normalized spacial score (nSPS) is 20.2. The van der Waals surface area contributed by atoms with Crippen molar-refractivity contribution in [3.63, 3.8) is 0 Å². The summed E-state index contributed by atoms with van der Waals surface area (Å²) in [7, 11) is -2.49. The van der Waals surface area contributed by atoms with Gasteiger partial charge in [0, 0.05) is 12.5 Å². The van der Waals surface area contributed by atoms with E-state index < -0.39 is 27.9 Å². The highest BCUT2D eigenvalue weighted by molar-refractivity contribution is 7.89. The van der Waals surface area contributed by atoms with E-state index in [9.17, 15) is 18.4 Å². The summed E-state index contributed by atoms with van der Waals surface area (Å²) in [6.07, 6.45) is 3.50. The molecule has 0 aromatic heterocycles. The number of hydroxylamine groups is 1. The van der Waals surface area contributed by atoms with Gasteiger partial charge in [-0.3, -0.25) is 10.0 Å². The van der Waals surface area contributed by atoms with Crippen molar-refractivity contribution in [2.45, 2.75) is 16.9 Å². The third kappa shape index (κ3) is 3.73. The second kappa shape index (κ2) is 7.91. The number of nitrogens with zero attached hydrogens (tertiary/aromatic N) is 1. The van der Waals surface area contributed by atoms with Crippen LogP contribution in [-0.4, -0.2) is 43.5 Å². The Bertz CT molecular complexity index is 926.